The van der Waals surface area contributed by atoms with Crippen molar-refractivity contribution >= 4 is 56.1 Å². The molecule has 7 rings (SSSR count). The molecule has 10 heteroatoms. The molecule has 0 N–H and O–H groups in total. The lowest BCUT2D eigenvalue weighted by Gasteiger charge is -2.26. The number of esters is 1. The summed E-state index contributed by atoms with van der Waals surface area (Å²) in [5, 5.41) is 0. The summed E-state index contributed by atoms with van der Waals surface area (Å²) in [7, 11) is 1.56. The number of rotatable bonds is 7. The second-order valence-corrected chi connectivity index (χ2v) is 12.8. The molecule has 0 bridgehead atoms. The second-order valence-electron chi connectivity index (χ2n) is 10.9. The molecule has 0 unspecified atom stereocenters. The summed E-state index contributed by atoms with van der Waals surface area (Å²) < 4.78 is 13.6. The van der Waals surface area contributed by atoms with Gasteiger partial charge in [-0.15, -0.1) is 0 Å². The summed E-state index contributed by atoms with van der Waals surface area (Å²) >= 11 is 4.70. The molecule has 234 valence electrons. The van der Waals surface area contributed by atoms with Crippen LogP contribution in [0.25, 0.3) is 11.3 Å². The minimum Gasteiger partial charge on any atom is -0.497 e. The highest BCUT2D eigenvalue weighted by Crippen LogP contribution is 2.39. The van der Waals surface area contributed by atoms with Crippen LogP contribution in [0.5, 0.6) is 5.75 Å². The maximum absolute atomic E-state index is 14.7. The Hall–Kier alpha value is -5.06. The van der Waals surface area contributed by atoms with Gasteiger partial charge in [0.05, 0.1) is 48.8 Å². The van der Waals surface area contributed by atoms with Crippen LogP contribution < -0.4 is 24.5 Å². The van der Waals surface area contributed by atoms with Gasteiger partial charge in [0.1, 0.15) is 10.3 Å². The van der Waals surface area contributed by atoms with E-state index in [4.69, 9.17) is 14.5 Å². The minimum absolute atomic E-state index is 0.140. The molecule has 0 spiro atoms. The van der Waals surface area contributed by atoms with Crippen LogP contribution in [0.2, 0.25) is 0 Å². The SMILES string of the molecule is CCOC(=O)C1=C(c2ccccc2)N=c2s/c(=C3\C(=O)N(Cc4ccccc4)c4ccc(Br)cc43)c(=O)n2[C@H]1c1cccc(OC)c1. The van der Waals surface area contributed by atoms with Gasteiger partial charge >= 0.3 is 5.97 Å². The number of hydrogen-bond donors (Lipinski definition) is 0. The van der Waals surface area contributed by atoms with Gasteiger partial charge in [0.2, 0.25) is 0 Å². The number of methoxy groups -OCH3 is 1. The number of ether oxygens (including phenoxy) is 2. The Kier molecular flexibility index (Phi) is 8.21. The number of anilines is 1. The zero-order valence-electron chi connectivity index (χ0n) is 25.5. The van der Waals surface area contributed by atoms with Gasteiger partial charge in [0.25, 0.3) is 11.5 Å². The van der Waals surface area contributed by atoms with Crippen molar-refractivity contribution in [3.63, 3.8) is 0 Å². The number of fused-ring (bicyclic) bond motifs is 2. The molecule has 0 radical (unpaired) electrons. The molecule has 2 aliphatic heterocycles. The van der Waals surface area contributed by atoms with E-state index in [0.29, 0.717) is 50.7 Å². The number of aromatic nitrogens is 1. The lowest BCUT2D eigenvalue weighted by molar-refractivity contribution is -0.138. The maximum atomic E-state index is 14.7. The van der Waals surface area contributed by atoms with Gasteiger partial charge in [-0.25, -0.2) is 9.79 Å². The van der Waals surface area contributed by atoms with E-state index in [-0.39, 0.29) is 22.6 Å². The normalized spacial score (nSPS) is 16.4. The van der Waals surface area contributed by atoms with Crippen LogP contribution in [0.4, 0.5) is 5.69 Å². The lowest BCUT2D eigenvalue weighted by atomic mass is 9.93. The van der Waals surface area contributed by atoms with Crippen molar-refractivity contribution in [2.75, 3.05) is 18.6 Å². The Labute approximate surface area is 282 Å². The number of halogens is 1. The first kappa shape index (κ1) is 30.6. The fourth-order valence-electron chi connectivity index (χ4n) is 6.06. The first-order valence-corrected chi connectivity index (χ1v) is 16.6. The molecule has 47 heavy (non-hydrogen) atoms. The highest BCUT2D eigenvalue weighted by molar-refractivity contribution is 9.10. The van der Waals surface area contributed by atoms with E-state index < -0.39 is 17.6 Å². The molecule has 3 heterocycles. The summed E-state index contributed by atoms with van der Waals surface area (Å²) in [4.78, 5) is 49.9. The molecule has 0 aliphatic carbocycles. The number of carbonyl (C=O) groups excluding carboxylic acids is 2. The predicted molar refractivity (Wildman–Crippen MR) is 185 cm³/mol. The Morgan fingerprint density at radius 1 is 0.936 bits per heavy atom. The number of hydrogen-bond acceptors (Lipinski definition) is 7. The Bertz CT molecular complexity index is 2260. The van der Waals surface area contributed by atoms with Crippen LogP contribution in [0, 0.1) is 0 Å². The first-order chi connectivity index (χ1) is 22.9. The van der Waals surface area contributed by atoms with Crippen molar-refractivity contribution in [1.29, 1.82) is 0 Å². The van der Waals surface area contributed by atoms with Gasteiger partial charge in [-0.1, -0.05) is 100 Å². The lowest BCUT2D eigenvalue weighted by Crippen LogP contribution is -2.41. The Morgan fingerprint density at radius 2 is 1.68 bits per heavy atom. The van der Waals surface area contributed by atoms with E-state index in [1.54, 1.807) is 31.1 Å². The van der Waals surface area contributed by atoms with E-state index in [9.17, 15) is 14.4 Å². The van der Waals surface area contributed by atoms with Crippen molar-refractivity contribution in [3.8, 4) is 5.75 Å². The van der Waals surface area contributed by atoms with Crippen LogP contribution in [0.3, 0.4) is 0 Å². The fraction of sp³-hybridized carbons (Fsp3) is 0.135. The fourth-order valence-corrected chi connectivity index (χ4v) is 7.52. The number of thiazole rings is 1. The monoisotopic (exact) mass is 705 g/mol. The molecule has 2 aliphatic rings. The van der Waals surface area contributed by atoms with Crippen LogP contribution in [-0.4, -0.2) is 30.2 Å². The molecule has 4 aromatic carbocycles. The highest BCUT2D eigenvalue weighted by atomic mass is 79.9. The smallest absolute Gasteiger partial charge is 0.338 e. The van der Waals surface area contributed by atoms with Crippen LogP contribution in [-0.2, 0) is 20.9 Å². The van der Waals surface area contributed by atoms with Gasteiger partial charge in [-0.3, -0.25) is 14.2 Å². The van der Waals surface area contributed by atoms with Gasteiger partial charge < -0.3 is 14.4 Å². The first-order valence-electron chi connectivity index (χ1n) is 15.0. The summed E-state index contributed by atoms with van der Waals surface area (Å²) in [6, 6.07) is 31.1. The highest BCUT2D eigenvalue weighted by Gasteiger charge is 2.38. The number of nitrogens with zero attached hydrogens (tertiary/aromatic N) is 3. The van der Waals surface area contributed by atoms with Crippen molar-refractivity contribution in [2.24, 2.45) is 4.99 Å². The van der Waals surface area contributed by atoms with Gasteiger partial charge in [-0.2, -0.15) is 0 Å². The van der Waals surface area contributed by atoms with Gasteiger partial charge in [-0.05, 0) is 48.4 Å². The molecule has 0 saturated carbocycles. The van der Waals surface area contributed by atoms with Gasteiger partial charge in [0.15, 0.2) is 4.80 Å². The van der Waals surface area contributed by atoms with Crippen molar-refractivity contribution in [1.82, 2.24) is 4.57 Å². The van der Waals surface area contributed by atoms with Gasteiger partial charge in [0, 0.05) is 15.6 Å². The predicted octanol–water partition coefficient (Wildman–Crippen LogP) is 5.62. The number of carbonyl (C=O) groups is 2. The maximum Gasteiger partial charge on any atom is 0.338 e. The molecule has 1 atom stereocenters. The summed E-state index contributed by atoms with van der Waals surface area (Å²) in [6.07, 6.45) is 0. The third-order valence-corrected chi connectivity index (χ3v) is 9.69. The molecule has 8 nitrogen and oxygen atoms in total. The second kappa shape index (κ2) is 12.6. The van der Waals surface area contributed by atoms with Crippen LogP contribution in [0.15, 0.2) is 123 Å². The molecule has 5 aromatic rings. The molecular weight excluding hydrogens is 678 g/mol. The van der Waals surface area contributed by atoms with E-state index in [1.807, 2.05) is 91.0 Å². The molecule has 0 saturated heterocycles. The van der Waals surface area contributed by atoms with Crippen LogP contribution >= 0.6 is 27.3 Å². The average Bonchev–Trinajstić information content (AvgIpc) is 3.56. The zero-order chi connectivity index (χ0) is 32.7. The summed E-state index contributed by atoms with van der Waals surface area (Å²) in [5.41, 5.74) is 4.16. The molecule has 0 fully saturated rings. The number of benzene rings is 4. The Morgan fingerprint density at radius 3 is 2.40 bits per heavy atom. The topological polar surface area (TPSA) is 90.2 Å². The molecule has 1 aromatic heterocycles. The standard InChI is InChI=1S/C37H28BrN3O5S/c1-3-46-36(44)30-31(23-13-8-5-9-14-23)39-37-41(32(30)24-15-10-16-26(19-24)45-2)35(43)33(47-37)29-27-20-25(38)17-18-28(27)40(34(29)42)21-22-11-6-4-7-12-22/h4-20,32H,3,21H2,1-2H3/b33-29-/t32-/m0/s1. The number of amides is 1. The third-order valence-electron chi connectivity index (χ3n) is 8.15. The molecular formula is C37H28BrN3O5S. The van der Waals surface area contributed by atoms with Crippen molar-refractivity contribution in [2.45, 2.75) is 19.5 Å². The van der Waals surface area contributed by atoms with Crippen molar-refractivity contribution in [3.05, 3.63) is 155 Å². The van der Waals surface area contributed by atoms with Crippen molar-refractivity contribution < 1.29 is 19.1 Å². The minimum atomic E-state index is -0.899. The third kappa shape index (κ3) is 5.43. The summed E-state index contributed by atoms with van der Waals surface area (Å²) in [5.74, 6) is -0.297. The van der Waals surface area contributed by atoms with E-state index in [1.165, 1.54) is 4.57 Å². The quantitative estimate of drug-likeness (QED) is 0.205. The molecule has 1 amide bonds. The van der Waals surface area contributed by atoms with E-state index >= 15 is 0 Å². The summed E-state index contributed by atoms with van der Waals surface area (Å²) in [6.45, 7) is 2.22. The Balaban J connectivity index is 1.53. The largest absolute Gasteiger partial charge is 0.497 e. The average molecular weight is 707 g/mol. The van der Waals surface area contributed by atoms with Crippen LogP contribution in [0.1, 0.15) is 35.2 Å². The zero-order valence-corrected chi connectivity index (χ0v) is 27.9. The van der Waals surface area contributed by atoms with E-state index in [0.717, 1.165) is 21.4 Å². The van der Waals surface area contributed by atoms with E-state index in [2.05, 4.69) is 15.9 Å².